The molecule has 3 aromatic carbocycles. The standard InChI is InChI=1S/C30H33BrN4O6/c1-5-6-11-40-24-9-7-22(8-10-24)34-29(37)30(38)35-32-17-21-15-25(31)28(26(16-21)39-4)41-18-27(36)33-23-13-19(2)12-20(3)14-23/h7-10,12-17H,5-6,11,18H2,1-4H3,(H,33,36)(H,34,37)(H,35,38)/b32-17-. The molecule has 0 aliphatic heterocycles. The number of rotatable bonds is 12. The molecule has 41 heavy (non-hydrogen) atoms. The number of nitrogens with zero attached hydrogens (tertiary/aromatic N) is 1. The highest BCUT2D eigenvalue weighted by Gasteiger charge is 2.15. The number of hydrazone groups is 1. The molecule has 0 atom stereocenters. The van der Waals surface area contributed by atoms with Gasteiger partial charge in [0.15, 0.2) is 18.1 Å². The molecular weight excluding hydrogens is 592 g/mol. The van der Waals surface area contributed by atoms with Crippen LogP contribution < -0.4 is 30.3 Å². The highest BCUT2D eigenvalue weighted by molar-refractivity contribution is 9.10. The molecule has 3 N–H and O–H groups in total. The van der Waals surface area contributed by atoms with E-state index in [4.69, 9.17) is 14.2 Å². The van der Waals surface area contributed by atoms with Crippen molar-refractivity contribution >= 4 is 51.2 Å². The first-order chi connectivity index (χ1) is 19.7. The molecule has 3 rings (SSSR count). The molecule has 0 spiro atoms. The molecule has 0 aliphatic carbocycles. The summed E-state index contributed by atoms with van der Waals surface area (Å²) >= 11 is 3.42. The van der Waals surface area contributed by atoms with Crippen LogP contribution in [0.4, 0.5) is 11.4 Å². The number of carbonyl (C=O) groups is 3. The number of nitrogens with one attached hydrogen (secondary N) is 3. The number of halogens is 1. The van der Waals surface area contributed by atoms with Gasteiger partial charge in [-0.15, -0.1) is 0 Å². The van der Waals surface area contributed by atoms with Gasteiger partial charge in [0.1, 0.15) is 5.75 Å². The number of benzene rings is 3. The van der Waals surface area contributed by atoms with Crippen LogP contribution in [0.5, 0.6) is 17.2 Å². The second kappa shape index (κ2) is 15.4. The Morgan fingerprint density at radius 2 is 1.61 bits per heavy atom. The minimum atomic E-state index is -0.940. The average molecular weight is 626 g/mol. The summed E-state index contributed by atoms with van der Waals surface area (Å²) in [7, 11) is 1.46. The fourth-order valence-corrected chi connectivity index (χ4v) is 4.28. The van der Waals surface area contributed by atoms with Gasteiger partial charge in [0.05, 0.1) is 24.4 Å². The number of methoxy groups -OCH3 is 1. The Kier molecular flexibility index (Phi) is 11.7. The third-order valence-electron chi connectivity index (χ3n) is 5.57. The molecule has 0 fully saturated rings. The third-order valence-corrected chi connectivity index (χ3v) is 6.16. The van der Waals surface area contributed by atoms with Crippen molar-refractivity contribution in [3.63, 3.8) is 0 Å². The second-order valence-electron chi connectivity index (χ2n) is 9.13. The van der Waals surface area contributed by atoms with E-state index >= 15 is 0 Å². The van der Waals surface area contributed by atoms with Crippen LogP contribution in [-0.2, 0) is 14.4 Å². The Bertz CT molecular complexity index is 1390. The van der Waals surface area contributed by atoms with Crippen LogP contribution in [0.25, 0.3) is 0 Å². The fourth-order valence-electron chi connectivity index (χ4n) is 3.71. The van der Waals surface area contributed by atoms with E-state index in [0.717, 1.165) is 24.0 Å². The molecule has 0 radical (unpaired) electrons. The average Bonchev–Trinajstić information content (AvgIpc) is 2.92. The molecule has 216 valence electrons. The number of unbranched alkanes of at least 4 members (excludes halogenated alkanes) is 1. The van der Waals surface area contributed by atoms with E-state index in [2.05, 4.69) is 44.0 Å². The summed E-state index contributed by atoms with van der Waals surface area (Å²) in [6.45, 7) is 6.37. The van der Waals surface area contributed by atoms with Gasteiger partial charge in [-0.2, -0.15) is 5.10 Å². The van der Waals surface area contributed by atoms with Crippen molar-refractivity contribution in [3.05, 3.63) is 75.8 Å². The van der Waals surface area contributed by atoms with Gasteiger partial charge in [0.2, 0.25) is 0 Å². The Balaban J connectivity index is 1.53. The maximum atomic E-state index is 12.4. The van der Waals surface area contributed by atoms with E-state index in [0.29, 0.717) is 45.3 Å². The lowest BCUT2D eigenvalue weighted by molar-refractivity contribution is -0.136. The maximum absolute atomic E-state index is 12.4. The second-order valence-corrected chi connectivity index (χ2v) is 9.98. The fraction of sp³-hybridized carbons (Fsp3) is 0.267. The summed E-state index contributed by atoms with van der Waals surface area (Å²) in [6.07, 6.45) is 3.33. The molecule has 0 aromatic heterocycles. The monoisotopic (exact) mass is 624 g/mol. The molecule has 10 nitrogen and oxygen atoms in total. The van der Waals surface area contributed by atoms with E-state index in [9.17, 15) is 14.4 Å². The van der Waals surface area contributed by atoms with Crippen molar-refractivity contribution < 1.29 is 28.6 Å². The maximum Gasteiger partial charge on any atom is 0.329 e. The predicted octanol–water partition coefficient (Wildman–Crippen LogP) is 5.36. The van der Waals surface area contributed by atoms with Crippen LogP contribution in [-0.4, -0.2) is 44.3 Å². The first kappa shape index (κ1) is 31.2. The molecule has 3 amide bonds. The van der Waals surface area contributed by atoms with Crippen LogP contribution in [0.1, 0.15) is 36.5 Å². The number of carbonyl (C=O) groups excluding carboxylic acids is 3. The van der Waals surface area contributed by atoms with Gasteiger partial charge >= 0.3 is 11.8 Å². The molecule has 0 heterocycles. The van der Waals surface area contributed by atoms with Crippen molar-refractivity contribution in [1.82, 2.24) is 5.43 Å². The van der Waals surface area contributed by atoms with Crippen LogP contribution in [0.2, 0.25) is 0 Å². The number of hydrogen-bond donors (Lipinski definition) is 3. The molecule has 0 bridgehead atoms. The highest BCUT2D eigenvalue weighted by atomic mass is 79.9. The van der Waals surface area contributed by atoms with Gasteiger partial charge in [-0.1, -0.05) is 19.4 Å². The Morgan fingerprint density at radius 1 is 0.902 bits per heavy atom. The van der Waals surface area contributed by atoms with Crippen LogP contribution in [0, 0.1) is 13.8 Å². The van der Waals surface area contributed by atoms with Gasteiger partial charge < -0.3 is 24.8 Å². The van der Waals surface area contributed by atoms with Crippen molar-refractivity contribution in [1.29, 1.82) is 0 Å². The molecule has 3 aromatic rings. The quantitative estimate of drug-likeness (QED) is 0.108. The summed E-state index contributed by atoms with van der Waals surface area (Å²) < 4.78 is 17.2. The summed E-state index contributed by atoms with van der Waals surface area (Å²) in [5, 5.41) is 9.18. The largest absolute Gasteiger partial charge is 0.494 e. The molecule has 0 unspecified atom stereocenters. The number of hydrogen-bond acceptors (Lipinski definition) is 7. The Labute approximate surface area is 247 Å². The Morgan fingerprint density at radius 3 is 2.27 bits per heavy atom. The summed E-state index contributed by atoms with van der Waals surface area (Å²) in [6, 6.07) is 15.8. The smallest absolute Gasteiger partial charge is 0.329 e. The lowest BCUT2D eigenvalue weighted by atomic mass is 10.1. The van der Waals surface area contributed by atoms with Crippen molar-refractivity contribution in [2.45, 2.75) is 33.6 Å². The van der Waals surface area contributed by atoms with E-state index in [1.807, 2.05) is 32.0 Å². The summed E-state index contributed by atoms with van der Waals surface area (Å²) in [5.74, 6) is -0.790. The molecule has 0 aliphatic rings. The normalized spacial score (nSPS) is 10.7. The highest BCUT2D eigenvalue weighted by Crippen LogP contribution is 2.36. The van der Waals surface area contributed by atoms with Gasteiger partial charge in [-0.3, -0.25) is 14.4 Å². The number of anilines is 2. The van der Waals surface area contributed by atoms with Crippen molar-refractivity contribution in [2.24, 2.45) is 5.10 Å². The molecule has 0 saturated carbocycles. The predicted molar refractivity (Wildman–Crippen MR) is 162 cm³/mol. The first-order valence-corrected chi connectivity index (χ1v) is 13.7. The zero-order chi connectivity index (χ0) is 29.8. The zero-order valence-corrected chi connectivity index (χ0v) is 25.0. The van der Waals surface area contributed by atoms with Gasteiger partial charge in [0, 0.05) is 11.4 Å². The van der Waals surface area contributed by atoms with Crippen molar-refractivity contribution in [2.75, 3.05) is 31.0 Å². The lowest BCUT2D eigenvalue weighted by Gasteiger charge is -2.14. The van der Waals surface area contributed by atoms with E-state index in [-0.39, 0.29) is 12.5 Å². The first-order valence-electron chi connectivity index (χ1n) is 12.9. The van der Waals surface area contributed by atoms with Crippen molar-refractivity contribution in [3.8, 4) is 17.2 Å². The number of amides is 3. The van der Waals surface area contributed by atoms with E-state index in [1.165, 1.54) is 13.3 Å². The summed E-state index contributed by atoms with van der Waals surface area (Å²) in [4.78, 5) is 36.8. The van der Waals surface area contributed by atoms with Crippen LogP contribution >= 0.6 is 15.9 Å². The van der Waals surface area contributed by atoms with E-state index < -0.39 is 11.8 Å². The molecular formula is C30H33BrN4O6. The third kappa shape index (κ3) is 9.95. The van der Waals surface area contributed by atoms with Gasteiger partial charge in [0.25, 0.3) is 5.91 Å². The van der Waals surface area contributed by atoms with E-state index in [1.54, 1.807) is 36.4 Å². The lowest BCUT2D eigenvalue weighted by Crippen LogP contribution is -2.32. The number of ether oxygens (including phenoxy) is 3. The SMILES string of the molecule is CCCCOc1ccc(NC(=O)C(=O)N/N=C\c2cc(Br)c(OCC(=O)Nc3cc(C)cc(C)c3)c(OC)c2)cc1. The Hall–Kier alpha value is -4.38. The minimum Gasteiger partial charge on any atom is -0.494 e. The zero-order valence-electron chi connectivity index (χ0n) is 23.4. The minimum absolute atomic E-state index is 0.241. The van der Waals surface area contributed by atoms with Crippen LogP contribution in [0.3, 0.4) is 0 Å². The summed E-state index contributed by atoms with van der Waals surface area (Å²) in [5.41, 5.74) is 5.95. The number of aryl methyl sites for hydroxylation is 2. The molecule has 11 heteroatoms. The topological polar surface area (TPSA) is 127 Å². The van der Waals surface area contributed by atoms with Crippen LogP contribution in [0.15, 0.2) is 64.2 Å². The molecule has 0 saturated heterocycles. The van der Waals surface area contributed by atoms with Gasteiger partial charge in [-0.05, 0) is 101 Å². The van der Waals surface area contributed by atoms with Gasteiger partial charge in [-0.25, -0.2) is 5.43 Å².